The highest BCUT2D eigenvalue weighted by Gasteiger charge is 2.33. The van der Waals surface area contributed by atoms with Crippen molar-refractivity contribution in [1.82, 2.24) is 25.3 Å². The van der Waals surface area contributed by atoms with Gasteiger partial charge in [0, 0.05) is 52.4 Å². The minimum Gasteiger partial charge on any atom is -0.354 e. The molecule has 3 amide bonds. The van der Waals surface area contributed by atoms with E-state index in [-0.39, 0.29) is 17.9 Å². The van der Waals surface area contributed by atoms with E-state index in [9.17, 15) is 9.59 Å². The first-order valence-corrected chi connectivity index (χ1v) is 12.9. The normalized spacial score (nSPS) is 24.0. The number of carbonyl (C=O) groups is 2. The Bertz CT molecular complexity index is 1010. The van der Waals surface area contributed by atoms with E-state index in [0.29, 0.717) is 25.6 Å². The SMILES string of the molecule is O=C(NCCN1CCNC1=O)[C@@H]1C[C@H](CN2CCCC2)CN(Cc2ccc3ccccc3c2)C1. The molecule has 3 fully saturated rings. The number of amides is 3. The fraction of sp³-hybridized carbons (Fsp3) is 0.556. The summed E-state index contributed by atoms with van der Waals surface area (Å²) < 4.78 is 0. The molecule has 7 nitrogen and oxygen atoms in total. The molecule has 0 bridgehead atoms. The first-order chi connectivity index (χ1) is 16.6. The van der Waals surface area contributed by atoms with Gasteiger partial charge in [-0.1, -0.05) is 36.4 Å². The number of hydrogen-bond acceptors (Lipinski definition) is 4. The van der Waals surface area contributed by atoms with Gasteiger partial charge in [0.1, 0.15) is 0 Å². The van der Waals surface area contributed by atoms with E-state index < -0.39 is 0 Å². The van der Waals surface area contributed by atoms with Gasteiger partial charge >= 0.3 is 6.03 Å². The van der Waals surface area contributed by atoms with E-state index in [2.05, 4.69) is 62.9 Å². The number of nitrogens with one attached hydrogen (secondary N) is 2. The molecular weight excluding hydrogens is 426 g/mol. The van der Waals surface area contributed by atoms with Crippen molar-refractivity contribution in [3.8, 4) is 0 Å². The van der Waals surface area contributed by atoms with Crippen LogP contribution in [0.2, 0.25) is 0 Å². The molecule has 7 heteroatoms. The van der Waals surface area contributed by atoms with Gasteiger partial charge in [-0.15, -0.1) is 0 Å². The Morgan fingerprint density at radius 2 is 1.82 bits per heavy atom. The molecule has 2 aromatic rings. The van der Waals surface area contributed by atoms with E-state index in [4.69, 9.17) is 0 Å². The zero-order valence-electron chi connectivity index (χ0n) is 20.0. The molecule has 2 N–H and O–H groups in total. The van der Waals surface area contributed by atoms with Crippen LogP contribution in [0.4, 0.5) is 4.79 Å². The molecule has 0 unspecified atom stereocenters. The highest BCUT2D eigenvalue weighted by atomic mass is 16.2. The topological polar surface area (TPSA) is 67.9 Å². The van der Waals surface area contributed by atoms with Crippen molar-refractivity contribution >= 4 is 22.7 Å². The molecule has 0 radical (unpaired) electrons. The Morgan fingerprint density at radius 3 is 2.62 bits per heavy atom. The Morgan fingerprint density at radius 1 is 1.00 bits per heavy atom. The van der Waals surface area contributed by atoms with Crippen LogP contribution in [0.1, 0.15) is 24.8 Å². The molecule has 0 saturated carbocycles. The molecule has 34 heavy (non-hydrogen) atoms. The van der Waals surface area contributed by atoms with Gasteiger partial charge in [-0.2, -0.15) is 0 Å². The standard InChI is InChI=1S/C27H37N5O2/c33-26(28-9-13-32-14-10-29-27(32)34)25-16-22(18-30-11-3-4-12-30)19-31(20-25)17-21-7-8-23-5-1-2-6-24(23)15-21/h1-2,5-8,15,22,25H,3-4,9-14,16-20H2,(H,28,33)(H,29,34)/t22-,25-/m1/s1. The molecule has 3 aliphatic heterocycles. The second-order valence-corrected chi connectivity index (χ2v) is 10.2. The van der Waals surface area contributed by atoms with Crippen molar-refractivity contribution < 1.29 is 9.59 Å². The first kappa shape index (κ1) is 23.1. The molecule has 5 rings (SSSR count). The Balaban J connectivity index is 1.22. The second-order valence-electron chi connectivity index (χ2n) is 10.2. The molecule has 3 heterocycles. The highest BCUT2D eigenvalue weighted by Crippen LogP contribution is 2.26. The fourth-order valence-electron chi connectivity index (χ4n) is 5.86. The predicted octanol–water partition coefficient (Wildman–Crippen LogP) is 2.52. The summed E-state index contributed by atoms with van der Waals surface area (Å²) in [5.41, 5.74) is 1.31. The molecule has 0 aliphatic carbocycles. The van der Waals surface area contributed by atoms with Crippen molar-refractivity contribution in [3.05, 3.63) is 48.0 Å². The molecule has 3 aliphatic rings. The molecule has 0 aromatic heterocycles. The van der Waals surface area contributed by atoms with Crippen LogP contribution in [-0.2, 0) is 11.3 Å². The van der Waals surface area contributed by atoms with Crippen LogP contribution >= 0.6 is 0 Å². The number of carbonyl (C=O) groups excluding carboxylic acids is 2. The lowest BCUT2D eigenvalue weighted by atomic mass is 9.87. The maximum atomic E-state index is 13.1. The summed E-state index contributed by atoms with van der Waals surface area (Å²) in [5, 5.41) is 8.47. The summed E-state index contributed by atoms with van der Waals surface area (Å²) >= 11 is 0. The first-order valence-electron chi connectivity index (χ1n) is 12.9. The number of likely N-dealkylation sites (tertiary alicyclic amines) is 2. The van der Waals surface area contributed by atoms with Crippen molar-refractivity contribution in [2.45, 2.75) is 25.8 Å². The molecule has 182 valence electrons. The number of benzene rings is 2. The Hall–Kier alpha value is -2.64. The molecule has 2 aromatic carbocycles. The van der Waals surface area contributed by atoms with Crippen LogP contribution in [0, 0.1) is 11.8 Å². The number of piperidine rings is 1. The second kappa shape index (κ2) is 10.7. The Labute approximate surface area is 202 Å². The van der Waals surface area contributed by atoms with Crippen molar-refractivity contribution in [3.63, 3.8) is 0 Å². The summed E-state index contributed by atoms with van der Waals surface area (Å²) in [7, 11) is 0. The van der Waals surface area contributed by atoms with E-state index >= 15 is 0 Å². The maximum Gasteiger partial charge on any atom is 0.317 e. The maximum absolute atomic E-state index is 13.1. The van der Waals surface area contributed by atoms with Gasteiger partial charge in [0.05, 0.1) is 5.92 Å². The van der Waals surface area contributed by atoms with Crippen LogP contribution < -0.4 is 10.6 Å². The van der Waals surface area contributed by atoms with Crippen LogP contribution in [0.15, 0.2) is 42.5 Å². The predicted molar refractivity (Wildman–Crippen MR) is 134 cm³/mol. The minimum absolute atomic E-state index is 0.00536. The van der Waals surface area contributed by atoms with Crippen molar-refractivity contribution in [2.75, 3.05) is 58.9 Å². The summed E-state index contributed by atoms with van der Waals surface area (Å²) in [4.78, 5) is 31.7. The van der Waals surface area contributed by atoms with E-state index in [0.717, 1.165) is 39.1 Å². The number of nitrogens with zero attached hydrogens (tertiary/aromatic N) is 3. The lowest BCUT2D eigenvalue weighted by molar-refractivity contribution is -0.127. The summed E-state index contributed by atoms with van der Waals surface area (Å²) in [6, 6.07) is 15.2. The van der Waals surface area contributed by atoms with Gasteiger partial charge in [0.25, 0.3) is 0 Å². The number of fused-ring (bicyclic) bond motifs is 1. The molecular formula is C27H37N5O2. The van der Waals surface area contributed by atoms with Gasteiger partial charge in [-0.25, -0.2) is 4.79 Å². The third kappa shape index (κ3) is 5.70. The van der Waals surface area contributed by atoms with Gasteiger partial charge < -0.3 is 20.4 Å². The van der Waals surface area contributed by atoms with Gasteiger partial charge in [0.15, 0.2) is 0 Å². The van der Waals surface area contributed by atoms with Gasteiger partial charge in [0.2, 0.25) is 5.91 Å². The molecule has 3 saturated heterocycles. The van der Waals surface area contributed by atoms with Crippen molar-refractivity contribution in [2.24, 2.45) is 11.8 Å². The lowest BCUT2D eigenvalue weighted by Gasteiger charge is -2.38. The summed E-state index contributed by atoms with van der Waals surface area (Å²) in [5.74, 6) is 0.635. The average Bonchev–Trinajstić information content (AvgIpc) is 3.50. The lowest BCUT2D eigenvalue weighted by Crippen LogP contribution is -2.49. The quantitative estimate of drug-likeness (QED) is 0.631. The van der Waals surface area contributed by atoms with Crippen LogP contribution in [0.3, 0.4) is 0 Å². The highest BCUT2D eigenvalue weighted by molar-refractivity contribution is 5.83. The zero-order valence-corrected chi connectivity index (χ0v) is 20.0. The van der Waals surface area contributed by atoms with Crippen LogP contribution in [-0.4, -0.2) is 85.5 Å². The number of hydrogen-bond donors (Lipinski definition) is 2. The summed E-state index contributed by atoms with van der Waals surface area (Å²) in [6.07, 6.45) is 3.53. The van der Waals surface area contributed by atoms with E-state index in [1.807, 2.05) is 0 Å². The fourth-order valence-corrected chi connectivity index (χ4v) is 5.86. The van der Waals surface area contributed by atoms with Crippen LogP contribution in [0.5, 0.6) is 0 Å². The molecule has 0 spiro atoms. The third-order valence-electron chi connectivity index (χ3n) is 7.54. The van der Waals surface area contributed by atoms with E-state index in [1.54, 1.807) is 4.90 Å². The smallest absolute Gasteiger partial charge is 0.317 e. The third-order valence-corrected chi connectivity index (χ3v) is 7.54. The summed E-state index contributed by atoms with van der Waals surface area (Å²) in [6.45, 7) is 8.68. The van der Waals surface area contributed by atoms with Crippen molar-refractivity contribution in [1.29, 1.82) is 0 Å². The Kier molecular flexibility index (Phi) is 7.30. The largest absolute Gasteiger partial charge is 0.354 e. The minimum atomic E-state index is -0.0286. The zero-order chi connectivity index (χ0) is 23.3. The molecule has 2 atom stereocenters. The van der Waals surface area contributed by atoms with Gasteiger partial charge in [-0.3, -0.25) is 9.69 Å². The van der Waals surface area contributed by atoms with Crippen LogP contribution in [0.25, 0.3) is 10.8 Å². The van der Waals surface area contributed by atoms with Gasteiger partial charge in [-0.05, 0) is 60.7 Å². The average molecular weight is 464 g/mol. The number of rotatable bonds is 8. The number of urea groups is 1. The van der Waals surface area contributed by atoms with E-state index in [1.165, 1.54) is 42.3 Å². The monoisotopic (exact) mass is 463 g/mol.